The summed E-state index contributed by atoms with van der Waals surface area (Å²) < 4.78 is 10.5. The Hall–Kier alpha value is -1.90. The average Bonchev–Trinajstić information content (AvgIpc) is 2.27. The summed E-state index contributed by atoms with van der Waals surface area (Å²) in [5, 5.41) is 2.05. The Bertz CT molecular complexity index is 494. The van der Waals surface area contributed by atoms with E-state index in [2.05, 4.69) is 0 Å². The summed E-state index contributed by atoms with van der Waals surface area (Å²) in [4.78, 5) is 0. The van der Waals surface area contributed by atoms with Gasteiger partial charge in [0, 0.05) is 11.1 Å². The highest BCUT2D eigenvalue weighted by molar-refractivity contribution is 5.92. The van der Waals surface area contributed by atoms with Gasteiger partial charge in [0.15, 0.2) is 11.5 Å². The molecule has 0 bridgehead atoms. The molecule has 15 heavy (non-hydrogen) atoms. The van der Waals surface area contributed by atoms with Crippen LogP contribution in [0.3, 0.4) is 0 Å². The molecule has 3 heteroatoms. The first-order chi connectivity index (χ1) is 7.26. The zero-order valence-corrected chi connectivity index (χ0v) is 8.78. The SMILES string of the molecule is COc1ccc2cc(N)ccc2c1OC. The maximum atomic E-state index is 5.71. The quantitative estimate of drug-likeness (QED) is 0.762. The van der Waals surface area contributed by atoms with Crippen molar-refractivity contribution in [2.75, 3.05) is 20.0 Å². The molecule has 2 N–H and O–H groups in total. The normalized spacial score (nSPS) is 10.3. The molecule has 2 rings (SSSR count). The lowest BCUT2D eigenvalue weighted by Gasteiger charge is -2.10. The van der Waals surface area contributed by atoms with Gasteiger partial charge < -0.3 is 15.2 Å². The molecule has 0 amide bonds. The van der Waals surface area contributed by atoms with Gasteiger partial charge in [-0.2, -0.15) is 0 Å². The van der Waals surface area contributed by atoms with Crippen LogP contribution in [0.15, 0.2) is 30.3 Å². The molecule has 0 saturated heterocycles. The molecule has 0 aromatic heterocycles. The Morgan fingerprint density at radius 3 is 2.47 bits per heavy atom. The highest BCUT2D eigenvalue weighted by Gasteiger charge is 2.07. The van der Waals surface area contributed by atoms with E-state index in [1.807, 2.05) is 30.3 Å². The molecule has 0 spiro atoms. The third-order valence-electron chi connectivity index (χ3n) is 2.38. The van der Waals surface area contributed by atoms with Crippen molar-refractivity contribution >= 4 is 16.5 Å². The minimum atomic E-state index is 0.731. The van der Waals surface area contributed by atoms with E-state index in [1.54, 1.807) is 14.2 Å². The van der Waals surface area contributed by atoms with Crippen LogP contribution in [0.4, 0.5) is 5.69 Å². The lowest BCUT2D eigenvalue weighted by Crippen LogP contribution is -1.92. The van der Waals surface area contributed by atoms with Crippen molar-refractivity contribution in [3.63, 3.8) is 0 Å². The first-order valence-electron chi connectivity index (χ1n) is 4.66. The van der Waals surface area contributed by atoms with Crippen molar-refractivity contribution in [3.05, 3.63) is 30.3 Å². The van der Waals surface area contributed by atoms with Crippen molar-refractivity contribution in [2.24, 2.45) is 0 Å². The fourth-order valence-electron chi connectivity index (χ4n) is 1.67. The zero-order chi connectivity index (χ0) is 10.8. The fourth-order valence-corrected chi connectivity index (χ4v) is 1.67. The molecule has 0 aliphatic rings. The van der Waals surface area contributed by atoms with Crippen LogP contribution < -0.4 is 15.2 Å². The number of ether oxygens (including phenoxy) is 2. The van der Waals surface area contributed by atoms with E-state index in [0.717, 1.165) is 28.0 Å². The number of methoxy groups -OCH3 is 2. The number of hydrogen-bond donors (Lipinski definition) is 1. The molecule has 0 aliphatic carbocycles. The highest BCUT2D eigenvalue weighted by atomic mass is 16.5. The molecule has 0 atom stereocenters. The number of hydrogen-bond acceptors (Lipinski definition) is 3. The minimum absolute atomic E-state index is 0.731. The average molecular weight is 203 g/mol. The number of nitrogens with two attached hydrogens (primary N) is 1. The van der Waals surface area contributed by atoms with Crippen LogP contribution >= 0.6 is 0 Å². The van der Waals surface area contributed by atoms with E-state index in [0.29, 0.717) is 0 Å². The molecule has 0 heterocycles. The minimum Gasteiger partial charge on any atom is -0.493 e. The largest absolute Gasteiger partial charge is 0.493 e. The van der Waals surface area contributed by atoms with Gasteiger partial charge in [-0.3, -0.25) is 0 Å². The maximum Gasteiger partial charge on any atom is 0.168 e. The molecule has 0 fully saturated rings. The summed E-state index contributed by atoms with van der Waals surface area (Å²) >= 11 is 0. The molecule has 0 radical (unpaired) electrons. The number of fused-ring (bicyclic) bond motifs is 1. The van der Waals surface area contributed by atoms with Crippen molar-refractivity contribution in [1.82, 2.24) is 0 Å². The van der Waals surface area contributed by atoms with E-state index in [1.165, 1.54) is 0 Å². The Labute approximate surface area is 88.4 Å². The predicted molar refractivity (Wildman–Crippen MR) is 61.5 cm³/mol. The van der Waals surface area contributed by atoms with Gasteiger partial charge in [-0.1, -0.05) is 6.07 Å². The Morgan fingerprint density at radius 1 is 1.00 bits per heavy atom. The number of benzene rings is 2. The Kier molecular flexibility index (Phi) is 2.37. The van der Waals surface area contributed by atoms with Gasteiger partial charge in [0.2, 0.25) is 0 Å². The van der Waals surface area contributed by atoms with Crippen molar-refractivity contribution in [1.29, 1.82) is 0 Å². The van der Waals surface area contributed by atoms with Gasteiger partial charge >= 0.3 is 0 Å². The Morgan fingerprint density at radius 2 is 1.80 bits per heavy atom. The van der Waals surface area contributed by atoms with Crippen LogP contribution in [0.2, 0.25) is 0 Å². The molecule has 78 valence electrons. The van der Waals surface area contributed by atoms with Crippen LogP contribution in [0.25, 0.3) is 10.8 Å². The van der Waals surface area contributed by atoms with Crippen LogP contribution in [-0.2, 0) is 0 Å². The van der Waals surface area contributed by atoms with Gasteiger partial charge in [-0.15, -0.1) is 0 Å². The van der Waals surface area contributed by atoms with Crippen molar-refractivity contribution < 1.29 is 9.47 Å². The van der Waals surface area contributed by atoms with Gasteiger partial charge in [0.1, 0.15) is 0 Å². The fraction of sp³-hybridized carbons (Fsp3) is 0.167. The molecule has 2 aromatic carbocycles. The van der Waals surface area contributed by atoms with E-state index in [4.69, 9.17) is 15.2 Å². The van der Waals surface area contributed by atoms with E-state index in [-0.39, 0.29) is 0 Å². The van der Waals surface area contributed by atoms with E-state index < -0.39 is 0 Å². The Balaban J connectivity index is 2.76. The number of anilines is 1. The summed E-state index contributed by atoms with van der Waals surface area (Å²) in [6.07, 6.45) is 0. The molecule has 0 aliphatic heterocycles. The molecule has 0 saturated carbocycles. The molecular weight excluding hydrogens is 190 g/mol. The number of rotatable bonds is 2. The summed E-state index contributed by atoms with van der Waals surface area (Å²) in [6, 6.07) is 9.54. The molecule has 3 nitrogen and oxygen atoms in total. The third-order valence-corrected chi connectivity index (χ3v) is 2.38. The molecular formula is C12H13NO2. The topological polar surface area (TPSA) is 44.5 Å². The highest BCUT2D eigenvalue weighted by Crippen LogP contribution is 2.35. The zero-order valence-electron chi connectivity index (χ0n) is 8.78. The van der Waals surface area contributed by atoms with Crippen LogP contribution in [-0.4, -0.2) is 14.2 Å². The van der Waals surface area contributed by atoms with Crippen molar-refractivity contribution in [2.45, 2.75) is 0 Å². The molecule has 0 unspecified atom stereocenters. The number of nitrogen functional groups attached to an aromatic ring is 1. The summed E-state index contributed by atoms with van der Waals surface area (Å²) in [5.74, 6) is 1.48. The van der Waals surface area contributed by atoms with Gasteiger partial charge in [0.05, 0.1) is 14.2 Å². The van der Waals surface area contributed by atoms with E-state index >= 15 is 0 Å². The first kappa shape index (κ1) is 9.65. The first-order valence-corrected chi connectivity index (χ1v) is 4.66. The lowest BCUT2D eigenvalue weighted by molar-refractivity contribution is 0.358. The second kappa shape index (κ2) is 3.69. The summed E-state index contributed by atoms with van der Waals surface area (Å²) in [7, 11) is 3.26. The third kappa shape index (κ3) is 1.56. The maximum absolute atomic E-state index is 5.71. The second-order valence-corrected chi connectivity index (χ2v) is 3.28. The second-order valence-electron chi connectivity index (χ2n) is 3.28. The van der Waals surface area contributed by atoms with Crippen LogP contribution in [0, 0.1) is 0 Å². The standard InChI is InChI=1S/C12H13NO2/c1-14-11-6-3-8-7-9(13)4-5-10(8)12(11)15-2/h3-7H,13H2,1-2H3. The summed E-state index contributed by atoms with van der Waals surface area (Å²) in [6.45, 7) is 0. The molecule has 2 aromatic rings. The van der Waals surface area contributed by atoms with Crippen LogP contribution in [0.5, 0.6) is 11.5 Å². The van der Waals surface area contributed by atoms with Gasteiger partial charge in [-0.05, 0) is 29.7 Å². The lowest BCUT2D eigenvalue weighted by atomic mass is 10.1. The predicted octanol–water partition coefficient (Wildman–Crippen LogP) is 2.44. The summed E-state index contributed by atoms with van der Waals surface area (Å²) in [5.41, 5.74) is 6.46. The van der Waals surface area contributed by atoms with E-state index in [9.17, 15) is 0 Å². The van der Waals surface area contributed by atoms with Crippen LogP contribution in [0.1, 0.15) is 0 Å². The van der Waals surface area contributed by atoms with Gasteiger partial charge in [0.25, 0.3) is 0 Å². The van der Waals surface area contributed by atoms with Crippen molar-refractivity contribution in [3.8, 4) is 11.5 Å². The smallest absolute Gasteiger partial charge is 0.168 e. The van der Waals surface area contributed by atoms with Gasteiger partial charge in [-0.25, -0.2) is 0 Å². The monoisotopic (exact) mass is 203 g/mol.